The highest BCUT2D eigenvalue weighted by Gasteiger charge is 2.22. The van der Waals surface area contributed by atoms with Crippen LogP contribution in [0, 0.1) is 6.92 Å². The number of carboxylic acid groups (broad SMARTS) is 1. The van der Waals surface area contributed by atoms with Crippen LogP contribution < -0.4 is 5.32 Å². The Labute approximate surface area is 105 Å². The second kappa shape index (κ2) is 4.91. The van der Waals surface area contributed by atoms with E-state index < -0.39 is 12.0 Å². The Morgan fingerprint density at radius 2 is 2.28 bits per heavy atom. The molecule has 1 heterocycles. The topological polar surface area (TPSA) is 67.2 Å². The number of aryl methyl sites for hydroxylation is 2. The van der Waals surface area contributed by atoms with Crippen molar-refractivity contribution in [1.82, 2.24) is 9.55 Å². The van der Waals surface area contributed by atoms with E-state index in [0.717, 1.165) is 11.3 Å². The molecule has 0 bridgehead atoms. The lowest BCUT2D eigenvalue weighted by atomic mass is 10.1. The molecule has 0 aliphatic carbocycles. The van der Waals surface area contributed by atoms with Crippen LogP contribution in [0.4, 0.5) is 5.69 Å². The third-order valence-electron chi connectivity index (χ3n) is 2.73. The fraction of sp³-hybridized carbons (Fsp3) is 0.231. The van der Waals surface area contributed by atoms with Crippen molar-refractivity contribution in [3.8, 4) is 0 Å². The van der Waals surface area contributed by atoms with Gasteiger partial charge in [0, 0.05) is 12.7 Å². The van der Waals surface area contributed by atoms with Crippen molar-refractivity contribution in [3.63, 3.8) is 0 Å². The van der Waals surface area contributed by atoms with Crippen LogP contribution in [0.2, 0.25) is 0 Å². The summed E-state index contributed by atoms with van der Waals surface area (Å²) in [5.41, 5.74) is 2.47. The van der Waals surface area contributed by atoms with Gasteiger partial charge in [0.25, 0.3) is 0 Å². The van der Waals surface area contributed by atoms with Gasteiger partial charge in [0.2, 0.25) is 0 Å². The van der Waals surface area contributed by atoms with Gasteiger partial charge in [-0.3, -0.25) is 0 Å². The lowest BCUT2D eigenvalue weighted by Crippen LogP contribution is -2.22. The maximum Gasteiger partial charge on any atom is 0.332 e. The van der Waals surface area contributed by atoms with Crippen molar-refractivity contribution in [3.05, 3.63) is 48.0 Å². The number of imidazole rings is 1. The number of nitrogens with one attached hydrogen (secondary N) is 1. The summed E-state index contributed by atoms with van der Waals surface area (Å²) in [4.78, 5) is 15.3. The van der Waals surface area contributed by atoms with E-state index in [2.05, 4.69) is 10.3 Å². The average Bonchev–Trinajstić information content (AvgIpc) is 2.72. The first-order valence-corrected chi connectivity index (χ1v) is 5.60. The highest BCUT2D eigenvalue weighted by molar-refractivity contribution is 5.78. The summed E-state index contributed by atoms with van der Waals surface area (Å²) < 4.78 is 1.70. The molecule has 2 rings (SSSR count). The Hall–Kier alpha value is -2.30. The number of aromatic nitrogens is 2. The molecule has 5 nitrogen and oxygen atoms in total. The molecule has 0 radical (unpaired) electrons. The van der Waals surface area contributed by atoms with Crippen LogP contribution in [0.15, 0.2) is 36.8 Å². The van der Waals surface area contributed by atoms with E-state index >= 15 is 0 Å². The number of aliphatic carboxylic acids is 1. The minimum atomic E-state index is -0.930. The van der Waals surface area contributed by atoms with Crippen LogP contribution in [0.3, 0.4) is 0 Å². The largest absolute Gasteiger partial charge is 0.479 e. The molecule has 2 aromatic rings. The van der Waals surface area contributed by atoms with Gasteiger partial charge in [0.15, 0.2) is 6.04 Å². The molecule has 0 spiro atoms. The summed E-state index contributed by atoms with van der Waals surface area (Å²) in [6.45, 7) is 1.96. The summed E-state index contributed by atoms with van der Waals surface area (Å²) >= 11 is 0. The molecular weight excluding hydrogens is 230 g/mol. The van der Waals surface area contributed by atoms with E-state index in [1.165, 1.54) is 0 Å². The monoisotopic (exact) mass is 245 g/mol. The molecule has 1 atom stereocenters. The molecule has 0 saturated heterocycles. The molecule has 94 valence electrons. The van der Waals surface area contributed by atoms with Gasteiger partial charge in [-0.1, -0.05) is 12.1 Å². The normalized spacial score (nSPS) is 12.1. The Balaban J connectivity index is 2.28. The van der Waals surface area contributed by atoms with Gasteiger partial charge in [0.05, 0.1) is 18.2 Å². The molecule has 5 heteroatoms. The molecule has 0 amide bonds. The first kappa shape index (κ1) is 12.2. The van der Waals surface area contributed by atoms with Crippen LogP contribution in [0.5, 0.6) is 0 Å². The first-order chi connectivity index (χ1) is 8.58. The lowest BCUT2D eigenvalue weighted by molar-refractivity contribution is -0.138. The summed E-state index contributed by atoms with van der Waals surface area (Å²) in [5.74, 6) is -0.930. The zero-order valence-electron chi connectivity index (χ0n) is 10.3. The van der Waals surface area contributed by atoms with Gasteiger partial charge >= 0.3 is 5.97 Å². The zero-order chi connectivity index (χ0) is 13.1. The van der Waals surface area contributed by atoms with Gasteiger partial charge in [0.1, 0.15) is 0 Å². The quantitative estimate of drug-likeness (QED) is 0.864. The zero-order valence-corrected chi connectivity index (χ0v) is 10.3. The van der Waals surface area contributed by atoms with Crippen molar-refractivity contribution in [1.29, 1.82) is 0 Å². The third-order valence-corrected chi connectivity index (χ3v) is 2.73. The lowest BCUT2D eigenvalue weighted by Gasteiger charge is -2.16. The summed E-state index contributed by atoms with van der Waals surface area (Å²) in [7, 11) is 1.77. The standard InChI is InChI=1S/C13H15N3O2/c1-9-4-3-5-10(6-9)15-12(13(17)18)11-7-14-8-16(11)2/h3-8,12,15H,1-2H3,(H,17,18). The predicted octanol–water partition coefficient (Wildman–Crippen LogP) is 1.97. The van der Waals surface area contributed by atoms with Gasteiger partial charge < -0.3 is 15.0 Å². The van der Waals surface area contributed by atoms with Crippen molar-refractivity contribution in [2.75, 3.05) is 5.32 Å². The SMILES string of the molecule is Cc1cccc(NC(C(=O)O)c2cncn2C)c1. The fourth-order valence-corrected chi connectivity index (χ4v) is 1.81. The Kier molecular flexibility index (Phi) is 3.32. The predicted molar refractivity (Wildman–Crippen MR) is 68.4 cm³/mol. The molecule has 18 heavy (non-hydrogen) atoms. The van der Waals surface area contributed by atoms with E-state index in [1.54, 1.807) is 24.1 Å². The number of anilines is 1. The van der Waals surface area contributed by atoms with E-state index in [4.69, 9.17) is 0 Å². The number of benzene rings is 1. The Bertz CT molecular complexity index is 563. The molecule has 0 saturated carbocycles. The number of rotatable bonds is 4. The minimum absolute atomic E-state index is 0.615. The number of hydrogen-bond donors (Lipinski definition) is 2. The summed E-state index contributed by atoms with van der Waals surface area (Å²) in [6.07, 6.45) is 3.14. The van der Waals surface area contributed by atoms with Crippen LogP contribution in [-0.4, -0.2) is 20.6 Å². The van der Waals surface area contributed by atoms with Crippen molar-refractivity contribution in [2.24, 2.45) is 7.05 Å². The molecule has 1 aromatic heterocycles. The van der Waals surface area contributed by atoms with Crippen LogP contribution >= 0.6 is 0 Å². The van der Waals surface area contributed by atoms with E-state index in [0.29, 0.717) is 5.69 Å². The maximum atomic E-state index is 11.3. The van der Waals surface area contributed by atoms with Crippen molar-refractivity contribution in [2.45, 2.75) is 13.0 Å². The average molecular weight is 245 g/mol. The van der Waals surface area contributed by atoms with Crippen LogP contribution in [-0.2, 0) is 11.8 Å². The third kappa shape index (κ3) is 2.51. The van der Waals surface area contributed by atoms with Gasteiger partial charge in [-0.05, 0) is 24.6 Å². The van der Waals surface area contributed by atoms with E-state index in [9.17, 15) is 9.90 Å². The molecule has 1 aromatic carbocycles. The highest BCUT2D eigenvalue weighted by Crippen LogP contribution is 2.20. The highest BCUT2D eigenvalue weighted by atomic mass is 16.4. The second-order valence-electron chi connectivity index (χ2n) is 4.21. The fourth-order valence-electron chi connectivity index (χ4n) is 1.81. The van der Waals surface area contributed by atoms with Crippen LogP contribution in [0.1, 0.15) is 17.3 Å². The molecule has 0 aliphatic heterocycles. The minimum Gasteiger partial charge on any atom is -0.479 e. The van der Waals surface area contributed by atoms with Gasteiger partial charge in [-0.15, -0.1) is 0 Å². The Morgan fingerprint density at radius 3 is 2.83 bits per heavy atom. The first-order valence-electron chi connectivity index (χ1n) is 5.60. The van der Waals surface area contributed by atoms with Crippen LogP contribution in [0.25, 0.3) is 0 Å². The van der Waals surface area contributed by atoms with Gasteiger partial charge in [-0.2, -0.15) is 0 Å². The second-order valence-corrected chi connectivity index (χ2v) is 4.21. The number of carboxylic acids is 1. The van der Waals surface area contributed by atoms with Gasteiger partial charge in [-0.25, -0.2) is 9.78 Å². The number of hydrogen-bond acceptors (Lipinski definition) is 3. The molecule has 0 aliphatic rings. The smallest absolute Gasteiger partial charge is 0.332 e. The van der Waals surface area contributed by atoms with Crippen molar-refractivity contribution >= 4 is 11.7 Å². The molecule has 2 N–H and O–H groups in total. The molecule has 0 fully saturated rings. The number of nitrogens with zero attached hydrogens (tertiary/aromatic N) is 2. The summed E-state index contributed by atoms with van der Waals surface area (Å²) in [6, 6.07) is 6.80. The number of carbonyl (C=O) groups is 1. The summed E-state index contributed by atoms with van der Waals surface area (Å²) in [5, 5.41) is 12.3. The van der Waals surface area contributed by atoms with E-state index in [-0.39, 0.29) is 0 Å². The van der Waals surface area contributed by atoms with E-state index in [1.807, 2.05) is 31.2 Å². The van der Waals surface area contributed by atoms with Crippen molar-refractivity contribution < 1.29 is 9.90 Å². The Morgan fingerprint density at radius 1 is 1.50 bits per heavy atom. The maximum absolute atomic E-state index is 11.3. The molecule has 1 unspecified atom stereocenters. The molecular formula is C13H15N3O2.